The van der Waals surface area contributed by atoms with Crippen LogP contribution in [0, 0.1) is 5.92 Å². The van der Waals surface area contributed by atoms with Crippen LogP contribution in [-0.2, 0) is 23.9 Å². The molecule has 1 saturated heterocycles. The molecule has 3 atom stereocenters. The zero-order valence-corrected chi connectivity index (χ0v) is 12.5. The maximum atomic E-state index is 11.8. The molecule has 1 heterocycles. The highest BCUT2D eigenvalue weighted by Crippen LogP contribution is 2.31. The molecule has 7 nitrogen and oxygen atoms in total. The number of hydroxylamine groups is 2. The van der Waals surface area contributed by atoms with Crippen molar-refractivity contribution in [3.63, 3.8) is 0 Å². The summed E-state index contributed by atoms with van der Waals surface area (Å²) in [6.45, 7) is -0.0850. The number of esters is 2. The van der Waals surface area contributed by atoms with Gasteiger partial charge in [0.05, 0.1) is 26.9 Å². The molecule has 7 heteroatoms. The van der Waals surface area contributed by atoms with E-state index >= 15 is 0 Å². The Morgan fingerprint density at radius 2 is 1.91 bits per heavy atom. The molecule has 0 spiro atoms. The topological polar surface area (TPSA) is 85.3 Å². The van der Waals surface area contributed by atoms with Crippen molar-refractivity contribution in [2.75, 3.05) is 27.4 Å². The summed E-state index contributed by atoms with van der Waals surface area (Å²) in [6, 6.07) is 8.72. The van der Waals surface area contributed by atoms with Crippen LogP contribution in [0.2, 0.25) is 0 Å². The van der Waals surface area contributed by atoms with Gasteiger partial charge in [-0.25, -0.2) is 4.79 Å². The van der Waals surface area contributed by atoms with E-state index in [4.69, 9.17) is 9.57 Å². The molecule has 1 aliphatic rings. The number of ether oxygens (including phenoxy) is 2. The van der Waals surface area contributed by atoms with Crippen molar-refractivity contribution < 1.29 is 29.0 Å². The number of aliphatic hydroxyl groups is 1. The van der Waals surface area contributed by atoms with Gasteiger partial charge < -0.3 is 14.6 Å². The number of methoxy groups -OCH3 is 2. The number of nitrogens with zero attached hydrogens (tertiary/aromatic N) is 1. The van der Waals surface area contributed by atoms with Crippen molar-refractivity contribution >= 4 is 11.9 Å². The highest BCUT2D eigenvalue weighted by Gasteiger charge is 2.47. The second-order valence-corrected chi connectivity index (χ2v) is 4.89. The molecule has 0 unspecified atom stereocenters. The monoisotopic (exact) mass is 309 g/mol. The van der Waals surface area contributed by atoms with Crippen molar-refractivity contribution in [1.29, 1.82) is 0 Å². The molecule has 2 rings (SSSR count). The van der Waals surface area contributed by atoms with Gasteiger partial charge in [0.25, 0.3) is 0 Å². The van der Waals surface area contributed by atoms with Crippen LogP contribution < -0.4 is 0 Å². The molecule has 1 fully saturated rings. The molecule has 22 heavy (non-hydrogen) atoms. The van der Waals surface area contributed by atoms with E-state index in [0.717, 1.165) is 5.56 Å². The van der Waals surface area contributed by atoms with Gasteiger partial charge in [-0.1, -0.05) is 30.3 Å². The third-order valence-corrected chi connectivity index (χ3v) is 3.63. The fourth-order valence-corrected chi connectivity index (χ4v) is 2.46. The van der Waals surface area contributed by atoms with E-state index in [0.29, 0.717) is 0 Å². The molecule has 0 bridgehead atoms. The zero-order valence-electron chi connectivity index (χ0n) is 12.5. The molecule has 120 valence electrons. The lowest BCUT2D eigenvalue weighted by Crippen LogP contribution is -2.34. The maximum absolute atomic E-state index is 11.8. The van der Waals surface area contributed by atoms with Gasteiger partial charge in [0, 0.05) is 6.54 Å². The van der Waals surface area contributed by atoms with Crippen LogP contribution in [0.25, 0.3) is 0 Å². The Morgan fingerprint density at radius 1 is 1.27 bits per heavy atom. The highest BCUT2D eigenvalue weighted by atomic mass is 16.7. The summed E-state index contributed by atoms with van der Waals surface area (Å²) in [4.78, 5) is 29.2. The predicted molar refractivity (Wildman–Crippen MR) is 75.4 cm³/mol. The fourth-order valence-electron chi connectivity index (χ4n) is 2.46. The number of aliphatic hydroxyl groups excluding tert-OH is 1. The molecule has 0 aromatic heterocycles. The molecular formula is C15H19NO6. The molecule has 0 radical (unpaired) electrons. The van der Waals surface area contributed by atoms with E-state index in [1.165, 1.54) is 19.3 Å². The lowest BCUT2D eigenvalue weighted by atomic mass is 10.0. The van der Waals surface area contributed by atoms with Crippen LogP contribution >= 0.6 is 0 Å². The SMILES string of the molecule is COC(=O)[C@H]1CN([C@@H](CO)c2ccccc2)O[C@H]1C(=O)OC. The minimum Gasteiger partial charge on any atom is -0.469 e. The van der Waals surface area contributed by atoms with E-state index in [1.54, 1.807) is 0 Å². The Bertz CT molecular complexity index is 496. The molecule has 0 saturated carbocycles. The first-order chi connectivity index (χ1) is 10.6. The van der Waals surface area contributed by atoms with Crippen LogP contribution in [0.15, 0.2) is 30.3 Å². The fraction of sp³-hybridized carbons (Fsp3) is 0.467. The molecule has 1 aromatic carbocycles. The Morgan fingerprint density at radius 3 is 2.45 bits per heavy atom. The van der Waals surface area contributed by atoms with Gasteiger partial charge in [-0.2, -0.15) is 5.06 Å². The smallest absolute Gasteiger partial charge is 0.338 e. The summed E-state index contributed by atoms with van der Waals surface area (Å²) in [6.07, 6.45) is -1.07. The van der Waals surface area contributed by atoms with Gasteiger partial charge in [-0.15, -0.1) is 0 Å². The Balaban J connectivity index is 2.22. The summed E-state index contributed by atoms with van der Waals surface area (Å²) in [7, 11) is 2.48. The molecule has 1 aliphatic heterocycles. The van der Waals surface area contributed by atoms with Crippen LogP contribution in [0.5, 0.6) is 0 Å². The number of benzene rings is 1. The standard InChI is InChI=1S/C15H19NO6/c1-20-14(18)11-8-16(22-13(11)15(19)21-2)12(9-17)10-6-4-3-5-7-10/h3-7,11-13,17H,8-9H2,1-2H3/t11-,12-,13+/m0/s1. The first-order valence-electron chi connectivity index (χ1n) is 6.87. The van der Waals surface area contributed by atoms with Crippen LogP contribution in [0.4, 0.5) is 0 Å². The summed E-state index contributed by atoms with van der Waals surface area (Å²) in [5.74, 6) is -2.00. The quantitative estimate of drug-likeness (QED) is 0.783. The highest BCUT2D eigenvalue weighted by molar-refractivity contribution is 5.84. The van der Waals surface area contributed by atoms with Gasteiger partial charge in [-0.05, 0) is 5.56 Å². The van der Waals surface area contributed by atoms with Gasteiger partial charge in [0.1, 0.15) is 5.92 Å². The average Bonchev–Trinajstić information content (AvgIpc) is 3.00. The average molecular weight is 309 g/mol. The summed E-state index contributed by atoms with van der Waals surface area (Å²) in [5.41, 5.74) is 0.819. The normalized spacial score (nSPS) is 23.0. The third kappa shape index (κ3) is 3.27. The predicted octanol–water partition coefficient (Wildman–Crippen LogP) is 0.298. The van der Waals surface area contributed by atoms with E-state index in [9.17, 15) is 14.7 Å². The number of hydrogen-bond acceptors (Lipinski definition) is 7. The summed E-state index contributed by atoms with van der Waals surface area (Å²) in [5, 5.41) is 11.1. The van der Waals surface area contributed by atoms with Crippen molar-refractivity contribution in [3.05, 3.63) is 35.9 Å². The van der Waals surface area contributed by atoms with Crippen LogP contribution in [0.3, 0.4) is 0 Å². The van der Waals surface area contributed by atoms with Crippen molar-refractivity contribution in [2.45, 2.75) is 12.1 Å². The van der Waals surface area contributed by atoms with Gasteiger partial charge in [0.15, 0.2) is 6.10 Å². The number of rotatable bonds is 5. The lowest BCUT2D eigenvalue weighted by Gasteiger charge is -2.25. The largest absolute Gasteiger partial charge is 0.469 e. The molecule has 0 amide bonds. The number of carbonyl (C=O) groups excluding carboxylic acids is 2. The Hall–Kier alpha value is -1.96. The minimum atomic E-state index is -1.07. The lowest BCUT2D eigenvalue weighted by molar-refractivity contribution is -0.200. The molecule has 0 aliphatic carbocycles. The van der Waals surface area contributed by atoms with Crippen LogP contribution in [0.1, 0.15) is 11.6 Å². The van der Waals surface area contributed by atoms with E-state index in [1.807, 2.05) is 30.3 Å². The Kier molecular flexibility index (Phi) is 5.48. The van der Waals surface area contributed by atoms with Gasteiger partial charge in [-0.3, -0.25) is 9.63 Å². The Labute approximate surface area is 128 Å². The summed E-state index contributed by atoms with van der Waals surface area (Å²) < 4.78 is 9.38. The minimum absolute atomic E-state index is 0.132. The van der Waals surface area contributed by atoms with Gasteiger partial charge in [0.2, 0.25) is 0 Å². The van der Waals surface area contributed by atoms with Crippen molar-refractivity contribution in [1.82, 2.24) is 5.06 Å². The van der Waals surface area contributed by atoms with E-state index in [-0.39, 0.29) is 13.2 Å². The summed E-state index contributed by atoms with van der Waals surface area (Å²) >= 11 is 0. The molecule has 1 N–H and O–H groups in total. The molecular weight excluding hydrogens is 290 g/mol. The second-order valence-electron chi connectivity index (χ2n) is 4.89. The van der Waals surface area contributed by atoms with Crippen molar-refractivity contribution in [2.24, 2.45) is 5.92 Å². The maximum Gasteiger partial charge on any atom is 0.338 e. The third-order valence-electron chi connectivity index (χ3n) is 3.63. The molecule has 1 aromatic rings. The second kappa shape index (κ2) is 7.35. The zero-order chi connectivity index (χ0) is 16.1. The number of hydrogen-bond donors (Lipinski definition) is 1. The van der Waals surface area contributed by atoms with Gasteiger partial charge >= 0.3 is 11.9 Å². The first kappa shape index (κ1) is 16.4. The van der Waals surface area contributed by atoms with E-state index in [2.05, 4.69) is 4.74 Å². The van der Waals surface area contributed by atoms with E-state index < -0.39 is 30.0 Å². The number of carbonyl (C=O) groups is 2. The van der Waals surface area contributed by atoms with Crippen molar-refractivity contribution in [3.8, 4) is 0 Å². The van der Waals surface area contributed by atoms with Crippen LogP contribution in [-0.4, -0.2) is 55.6 Å². The first-order valence-corrected chi connectivity index (χ1v) is 6.87.